The van der Waals surface area contributed by atoms with Crippen molar-refractivity contribution < 1.29 is 39.3 Å². The number of nitrogens with two attached hydrogens (primary N) is 3. The number of aliphatic hydroxyl groups is 1. The predicted molar refractivity (Wildman–Crippen MR) is 127 cm³/mol. The smallest absolute Gasteiger partial charge is 0.328 e. The lowest BCUT2D eigenvalue weighted by Crippen LogP contribution is -2.58. The summed E-state index contributed by atoms with van der Waals surface area (Å²) in [5.74, 6) is -4.96. The Balaban J connectivity index is 2.95. The minimum atomic E-state index is -1.66. The number of hydrogen-bond acceptors (Lipinski definition) is 9. The molecule has 1 rings (SSSR count). The van der Waals surface area contributed by atoms with Gasteiger partial charge >= 0.3 is 5.97 Å². The zero-order chi connectivity index (χ0) is 27.3. The van der Waals surface area contributed by atoms with Crippen LogP contribution >= 0.6 is 0 Å². The lowest BCUT2D eigenvalue weighted by Gasteiger charge is -2.24. The van der Waals surface area contributed by atoms with Crippen molar-refractivity contribution in [1.82, 2.24) is 16.0 Å². The molecule has 1 aromatic rings. The highest BCUT2D eigenvalue weighted by atomic mass is 16.4. The van der Waals surface area contributed by atoms with Crippen LogP contribution in [-0.4, -0.2) is 82.2 Å². The minimum absolute atomic E-state index is 0.0524. The van der Waals surface area contributed by atoms with Gasteiger partial charge in [0, 0.05) is 0 Å². The van der Waals surface area contributed by atoms with Gasteiger partial charge in [0.2, 0.25) is 23.6 Å². The topological polar surface area (TPSA) is 260 Å². The molecule has 200 valence electrons. The summed E-state index contributed by atoms with van der Waals surface area (Å²) in [6.07, 6.45) is 0.592. The molecular weight excluding hydrogens is 476 g/mol. The van der Waals surface area contributed by atoms with Crippen LogP contribution in [0.25, 0.3) is 0 Å². The molecule has 0 saturated heterocycles. The molecule has 0 heterocycles. The number of aliphatic hydroxyl groups excluding tert-OH is 1. The number of benzene rings is 1. The molecule has 0 spiro atoms. The van der Waals surface area contributed by atoms with Crippen molar-refractivity contribution in [2.45, 2.75) is 56.3 Å². The molecule has 14 nitrogen and oxygen atoms in total. The molecule has 0 aliphatic carbocycles. The van der Waals surface area contributed by atoms with Crippen LogP contribution in [0.1, 0.15) is 31.2 Å². The van der Waals surface area contributed by atoms with Crippen molar-refractivity contribution in [1.29, 1.82) is 0 Å². The number of carbonyl (C=O) groups is 5. The van der Waals surface area contributed by atoms with Crippen LogP contribution < -0.4 is 33.2 Å². The normalized spacial score (nSPS) is 14.1. The Bertz CT molecular complexity index is 910. The summed E-state index contributed by atoms with van der Waals surface area (Å²) in [6, 6.07) is 0.675. The molecule has 0 fully saturated rings. The summed E-state index contributed by atoms with van der Waals surface area (Å²) in [5, 5.41) is 34.3. The van der Waals surface area contributed by atoms with Gasteiger partial charge in [0.1, 0.15) is 23.9 Å². The van der Waals surface area contributed by atoms with E-state index in [4.69, 9.17) is 27.4 Å². The maximum Gasteiger partial charge on any atom is 0.328 e. The van der Waals surface area contributed by atoms with Crippen LogP contribution in [0.3, 0.4) is 0 Å². The van der Waals surface area contributed by atoms with Gasteiger partial charge in [-0.25, -0.2) is 4.79 Å². The highest BCUT2D eigenvalue weighted by Gasteiger charge is 2.31. The first kappa shape index (κ1) is 30.3. The highest BCUT2D eigenvalue weighted by molar-refractivity contribution is 5.96. The first-order valence-electron chi connectivity index (χ1n) is 11.2. The van der Waals surface area contributed by atoms with Gasteiger partial charge < -0.3 is 48.5 Å². The fraction of sp³-hybridized carbons (Fsp3) is 0.500. The lowest BCUT2D eigenvalue weighted by atomic mass is 10.0. The number of carboxylic acids is 1. The number of aromatic hydroxyl groups is 1. The number of carboxylic acid groups (broad SMARTS) is 1. The van der Waals surface area contributed by atoms with E-state index >= 15 is 0 Å². The van der Waals surface area contributed by atoms with Crippen LogP contribution in [0.2, 0.25) is 0 Å². The summed E-state index contributed by atoms with van der Waals surface area (Å²) in [7, 11) is 0. The largest absolute Gasteiger partial charge is 0.508 e. The fourth-order valence-electron chi connectivity index (χ4n) is 3.16. The Labute approximate surface area is 207 Å². The van der Waals surface area contributed by atoms with Crippen molar-refractivity contribution in [2.75, 3.05) is 13.2 Å². The van der Waals surface area contributed by atoms with Gasteiger partial charge in [-0.2, -0.15) is 0 Å². The number of phenolic OH excluding ortho intramolecular Hbond substituents is 1. The molecule has 0 aromatic heterocycles. The molecule has 12 N–H and O–H groups in total. The third kappa shape index (κ3) is 10.7. The van der Waals surface area contributed by atoms with Crippen molar-refractivity contribution in [3.05, 3.63) is 29.8 Å². The Hall–Kier alpha value is -3.75. The number of rotatable bonds is 16. The van der Waals surface area contributed by atoms with Gasteiger partial charge in [0.15, 0.2) is 0 Å². The third-order valence-electron chi connectivity index (χ3n) is 5.14. The lowest BCUT2D eigenvalue weighted by molar-refractivity contribution is -0.143. The number of unbranched alkanes of at least 4 members (excludes halogenated alkanes) is 1. The second-order valence-corrected chi connectivity index (χ2v) is 8.14. The van der Waals surface area contributed by atoms with Gasteiger partial charge in [-0.1, -0.05) is 12.1 Å². The number of carbonyl (C=O) groups excluding carboxylic acids is 4. The number of amides is 4. The summed E-state index contributed by atoms with van der Waals surface area (Å²) >= 11 is 0. The number of aliphatic carboxylic acids is 1. The average Bonchev–Trinajstić information content (AvgIpc) is 2.82. The SMILES string of the molecule is NCCCCC(NC(=O)C(N)Cc1ccc(O)cc1)C(=O)NC(CC(N)=O)C(=O)NC(CO)C(=O)O. The minimum Gasteiger partial charge on any atom is -0.508 e. The molecule has 14 heteroatoms. The molecule has 1 aromatic carbocycles. The van der Waals surface area contributed by atoms with Crippen molar-refractivity contribution >= 4 is 29.6 Å². The Morgan fingerprint density at radius 2 is 1.42 bits per heavy atom. The van der Waals surface area contributed by atoms with E-state index in [1.54, 1.807) is 12.1 Å². The third-order valence-corrected chi connectivity index (χ3v) is 5.14. The zero-order valence-electron chi connectivity index (χ0n) is 19.7. The van der Waals surface area contributed by atoms with Crippen molar-refractivity contribution in [2.24, 2.45) is 17.2 Å². The highest BCUT2D eigenvalue weighted by Crippen LogP contribution is 2.11. The van der Waals surface area contributed by atoms with E-state index in [2.05, 4.69) is 10.6 Å². The number of primary amides is 1. The van der Waals surface area contributed by atoms with Gasteiger partial charge in [0.25, 0.3) is 0 Å². The fourth-order valence-corrected chi connectivity index (χ4v) is 3.16. The molecule has 36 heavy (non-hydrogen) atoms. The number of nitrogens with one attached hydrogen (secondary N) is 3. The molecule has 4 amide bonds. The van der Waals surface area contributed by atoms with Crippen LogP contribution in [-0.2, 0) is 30.4 Å². The van der Waals surface area contributed by atoms with E-state index in [0.29, 0.717) is 24.9 Å². The number of phenols is 1. The van der Waals surface area contributed by atoms with Gasteiger partial charge in [-0.05, 0) is 49.9 Å². The van der Waals surface area contributed by atoms with Gasteiger partial charge in [-0.15, -0.1) is 0 Å². The molecule has 0 bridgehead atoms. The Morgan fingerprint density at radius 1 is 0.861 bits per heavy atom. The summed E-state index contributed by atoms with van der Waals surface area (Å²) in [5.41, 5.74) is 17.3. The molecule has 0 aliphatic rings. The zero-order valence-corrected chi connectivity index (χ0v) is 19.7. The quantitative estimate of drug-likeness (QED) is 0.101. The molecule has 4 atom stereocenters. The van der Waals surface area contributed by atoms with Crippen LogP contribution in [0.4, 0.5) is 0 Å². The Kier molecular flexibility index (Phi) is 12.9. The van der Waals surface area contributed by atoms with E-state index in [1.807, 2.05) is 5.32 Å². The van der Waals surface area contributed by atoms with Crippen LogP contribution in [0.15, 0.2) is 24.3 Å². The standard InChI is InChI=1S/C22H34N6O8/c23-8-2-1-3-15(26-19(32)14(24)9-12-4-6-13(30)7-5-12)20(33)27-16(10-18(25)31)21(34)28-17(11-29)22(35)36/h4-7,14-17,29-30H,1-3,8-11,23-24H2,(H2,25,31)(H,26,32)(H,27,33)(H,28,34)(H,35,36). The van der Waals surface area contributed by atoms with E-state index in [0.717, 1.165) is 0 Å². The second-order valence-electron chi connectivity index (χ2n) is 8.14. The van der Waals surface area contributed by atoms with E-state index in [-0.39, 0.29) is 18.6 Å². The molecule has 4 unspecified atom stereocenters. The maximum atomic E-state index is 13.0. The summed E-state index contributed by atoms with van der Waals surface area (Å²) in [6.45, 7) is -0.581. The van der Waals surface area contributed by atoms with Crippen molar-refractivity contribution in [3.63, 3.8) is 0 Å². The van der Waals surface area contributed by atoms with Gasteiger partial charge in [0.05, 0.1) is 19.1 Å². The summed E-state index contributed by atoms with van der Waals surface area (Å²) in [4.78, 5) is 60.6. The second kappa shape index (κ2) is 15.3. The van der Waals surface area contributed by atoms with Gasteiger partial charge in [-0.3, -0.25) is 19.2 Å². The monoisotopic (exact) mass is 510 g/mol. The average molecular weight is 511 g/mol. The van der Waals surface area contributed by atoms with Crippen molar-refractivity contribution in [3.8, 4) is 5.75 Å². The molecule has 0 aliphatic heterocycles. The maximum absolute atomic E-state index is 13.0. The first-order valence-corrected chi connectivity index (χ1v) is 11.2. The van der Waals surface area contributed by atoms with Crippen LogP contribution in [0.5, 0.6) is 5.75 Å². The van der Waals surface area contributed by atoms with Crippen LogP contribution in [0, 0.1) is 0 Å². The number of hydrogen-bond donors (Lipinski definition) is 9. The molecule has 0 saturated carbocycles. The molecule has 0 radical (unpaired) electrons. The Morgan fingerprint density at radius 3 is 1.94 bits per heavy atom. The van der Waals surface area contributed by atoms with E-state index in [9.17, 15) is 29.1 Å². The predicted octanol–water partition coefficient (Wildman–Crippen LogP) is -3.20. The van der Waals surface area contributed by atoms with E-state index < -0.39 is 66.8 Å². The first-order chi connectivity index (χ1) is 17.0. The summed E-state index contributed by atoms with van der Waals surface area (Å²) < 4.78 is 0. The van der Waals surface area contributed by atoms with E-state index in [1.165, 1.54) is 12.1 Å². The molecular formula is C22H34N6O8.